The maximum absolute atomic E-state index is 13.6. The molecule has 2 heterocycles. The second-order valence-electron chi connectivity index (χ2n) is 4.74. The molecule has 0 spiro atoms. The van der Waals surface area contributed by atoms with Crippen molar-refractivity contribution in [2.24, 2.45) is 5.73 Å². The highest BCUT2D eigenvalue weighted by Gasteiger charge is 2.20. The van der Waals surface area contributed by atoms with Crippen molar-refractivity contribution in [3.05, 3.63) is 52.3 Å². The minimum atomic E-state index is -0.708. The highest BCUT2D eigenvalue weighted by molar-refractivity contribution is 7.71. The van der Waals surface area contributed by atoms with Crippen molar-refractivity contribution in [2.45, 2.75) is 12.8 Å². The number of allylic oxidation sites excluding steroid dienone is 1. The molecule has 0 fully saturated rings. The third kappa shape index (κ3) is 2.50. The Morgan fingerprint density at radius 3 is 2.95 bits per heavy atom. The molecule has 0 bridgehead atoms. The van der Waals surface area contributed by atoms with Gasteiger partial charge in [-0.15, -0.1) is 0 Å². The Morgan fingerprint density at radius 2 is 2.19 bits per heavy atom. The van der Waals surface area contributed by atoms with Gasteiger partial charge in [-0.2, -0.15) is 0 Å². The molecule has 0 atom stereocenters. The number of H-pyrrole nitrogens is 1. The highest BCUT2D eigenvalue weighted by Crippen LogP contribution is 2.32. The number of nitrogens with two attached hydrogens (primary N) is 1. The van der Waals surface area contributed by atoms with Crippen molar-refractivity contribution < 1.29 is 13.5 Å². The molecule has 4 nitrogen and oxygen atoms in total. The molecule has 0 amide bonds. The fourth-order valence-corrected chi connectivity index (χ4v) is 2.72. The molecule has 21 heavy (non-hydrogen) atoms. The number of benzene rings is 1. The van der Waals surface area contributed by atoms with E-state index in [9.17, 15) is 8.78 Å². The lowest BCUT2D eigenvalue weighted by Gasteiger charge is -2.20. The van der Waals surface area contributed by atoms with E-state index in [1.165, 1.54) is 12.3 Å². The largest absolute Gasteiger partial charge is 0.460 e. The van der Waals surface area contributed by atoms with Gasteiger partial charge in [0.1, 0.15) is 12.1 Å². The quantitative estimate of drug-likeness (QED) is 0.857. The van der Waals surface area contributed by atoms with Crippen LogP contribution in [0.25, 0.3) is 5.70 Å². The second-order valence-corrected chi connectivity index (χ2v) is 5.13. The van der Waals surface area contributed by atoms with Crippen LogP contribution in [0.2, 0.25) is 0 Å². The van der Waals surface area contributed by atoms with E-state index in [0.717, 1.165) is 11.8 Å². The number of nitrogens with zero attached hydrogens (tertiary/aromatic N) is 1. The molecule has 0 saturated carbocycles. The topological polar surface area (TPSA) is 56.0 Å². The zero-order chi connectivity index (χ0) is 15.0. The SMILES string of the molecule is NCCc1c[nH]c(=S)n1C1=COc2c(F)cc(F)cc2C1. The number of aromatic amines is 1. The van der Waals surface area contributed by atoms with Crippen molar-refractivity contribution in [2.75, 3.05) is 6.54 Å². The maximum Gasteiger partial charge on any atom is 0.181 e. The van der Waals surface area contributed by atoms with Gasteiger partial charge in [0, 0.05) is 36.4 Å². The smallest absolute Gasteiger partial charge is 0.181 e. The van der Waals surface area contributed by atoms with Crippen LogP contribution in [0.15, 0.2) is 24.6 Å². The molecule has 3 rings (SSSR count). The van der Waals surface area contributed by atoms with Crippen LogP contribution in [0.5, 0.6) is 5.75 Å². The fourth-order valence-electron chi connectivity index (χ4n) is 2.42. The summed E-state index contributed by atoms with van der Waals surface area (Å²) < 4.78 is 34.6. The van der Waals surface area contributed by atoms with E-state index in [-0.39, 0.29) is 5.75 Å². The summed E-state index contributed by atoms with van der Waals surface area (Å²) in [6.07, 6.45) is 4.17. The van der Waals surface area contributed by atoms with Crippen molar-refractivity contribution in [3.63, 3.8) is 0 Å². The maximum atomic E-state index is 13.6. The van der Waals surface area contributed by atoms with E-state index in [4.69, 9.17) is 22.7 Å². The molecule has 7 heteroatoms. The minimum Gasteiger partial charge on any atom is -0.460 e. The summed E-state index contributed by atoms with van der Waals surface area (Å²) >= 11 is 5.24. The minimum absolute atomic E-state index is 0.0579. The molecule has 0 saturated heterocycles. The lowest BCUT2D eigenvalue weighted by Crippen LogP contribution is -2.14. The lowest BCUT2D eigenvalue weighted by atomic mass is 10.1. The Hall–Kier alpha value is -1.99. The first-order valence-electron chi connectivity index (χ1n) is 6.43. The van der Waals surface area contributed by atoms with Crippen LogP contribution in [0.1, 0.15) is 11.3 Å². The Labute approximate surface area is 124 Å². The Kier molecular flexibility index (Phi) is 3.60. The van der Waals surface area contributed by atoms with Crippen LogP contribution >= 0.6 is 12.2 Å². The summed E-state index contributed by atoms with van der Waals surface area (Å²) in [7, 11) is 0. The van der Waals surface area contributed by atoms with Gasteiger partial charge in [-0.3, -0.25) is 4.57 Å². The third-order valence-corrected chi connectivity index (χ3v) is 3.61. The standard InChI is InChI=1S/C14H13F2N3OS/c15-9-3-8-4-11(7-20-13(8)12(16)5-9)19-10(1-2-17)6-18-14(19)21/h3,5-7H,1-2,4,17H2,(H,18,21). The zero-order valence-electron chi connectivity index (χ0n) is 11.0. The van der Waals surface area contributed by atoms with Gasteiger partial charge in [0.15, 0.2) is 16.3 Å². The summed E-state index contributed by atoms with van der Waals surface area (Å²) in [5.41, 5.74) is 7.64. The normalized spacial score (nSPS) is 13.6. The van der Waals surface area contributed by atoms with Gasteiger partial charge in [-0.05, 0) is 24.8 Å². The molecule has 110 valence electrons. The van der Waals surface area contributed by atoms with Crippen LogP contribution in [0, 0.1) is 16.4 Å². The first kappa shape index (κ1) is 14.0. The predicted molar refractivity (Wildman–Crippen MR) is 77.3 cm³/mol. The molecule has 0 aliphatic carbocycles. The van der Waals surface area contributed by atoms with Gasteiger partial charge in [-0.25, -0.2) is 8.78 Å². The zero-order valence-corrected chi connectivity index (χ0v) is 11.8. The van der Waals surface area contributed by atoms with Gasteiger partial charge < -0.3 is 15.5 Å². The van der Waals surface area contributed by atoms with Gasteiger partial charge in [0.25, 0.3) is 0 Å². The van der Waals surface area contributed by atoms with Gasteiger partial charge >= 0.3 is 0 Å². The highest BCUT2D eigenvalue weighted by atomic mass is 32.1. The van der Waals surface area contributed by atoms with E-state index in [1.54, 1.807) is 10.8 Å². The van der Waals surface area contributed by atoms with E-state index in [2.05, 4.69) is 4.98 Å². The number of imidazole rings is 1. The molecule has 1 aliphatic heterocycles. The number of hydrogen-bond donors (Lipinski definition) is 2. The first-order valence-corrected chi connectivity index (χ1v) is 6.84. The van der Waals surface area contributed by atoms with Crippen LogP contribution in [0.4, 0.5) is 8.78 Å². The number of nitrogens with one attached hydrogen (secondary N) is 1. The van der Waals surface area contributed by atoms with Gasteiger partial charge in [0.05, 0.1) is 5.70 Å². The molecule has 0 radical (unpaired) electrons. The number of hydrogen-bond acceptors (Lipinski definition) is 3. The van der Waals surface area contributed by atoms with E-state index >= 15 is 0 Å². The molecule has 0 unspecified atom stereocenters. The monoisotopic (exact) mass is 309 g/mol. The summed E-state index contributed by atoms with van der Waals surface area (Å²) in [5.74, 6) is -1.28. The molecular weight excluding hydrogens is 296 g/mol. The van der Waals surface area contributed by atoms with Crippen molar-refractivity contribution in [1.82, 2.24) is 9.55 Å². The average molecular weight is 309 g/mol. The third-order valence-electron chi connectivity index (χ3n) is 3.31. The molecule has 1 aromatic carbocycles. The van der Waals surface area contributed by atoms with E-state index < -0.39 is 11.6 Å². The molecule has 2 aromatic rings. The number of halogens is 2. The van der Waals surface area contributed by atoms with Crippen LogP contribution in [0.3, 0.4) is 0 Å². The predicted octanol–water partition coefficient (Wildman–Crippen LogP) is 2.76. The Balaban J connectivity index is 2.02. The first-order chi connectivity index (χ1) is 10.1. The molecular formula is C14H13F2N3OS. The van der Waals surface area contributed by atoms with Gasteiger partial charge in [0.2, 0.25) is 0 Å². The van der Waals surface area contributed by atoms with Crippen molar-refractivity contribution >= 4 is 17.9 Å². The Bertz CT molecular complexity index is 779. The second kappa shape index (κ2) is 5.42. The fraction of sp³-hybridized carbons (Fsp3) is 0.214. The summed E-state index contributed by atoms with van der Waals surface area (Å²) in [6.45, 7) is 0.473. The summed E-state index contributed by atoms with van der Waals surface area (Å²) in [4.78, 5) is 2.94. The average Bonchev–Trinajstić information content (AvgIpc) is 2.79. The summed E-state index contributed by atoms with van der Waals surface area (Å²) in [6, 6.07) is 2.07. The van der Waals surface area contributed by atoms with Crippen molar-refractivity contribution in [1.29, 1.82) is 0 Å². The number of rotatable bonds is 3. The molecule has 3 N–H and O–H groups in total. The Morgan fingerprint density at radius 1 is 1.38 bits per heavy atom. The lowest BCUT2D eigenvalue weighted by molar-refractivity contribution is 0.421. The van der Waals surface area contributed by atoms with Crippen LogP contribution < -0.4 is 10.5 Å². The number of ether oxygens (including phenoxy) is 1. The van der Waals surface area contributed by atoms with Crippen LogP contribution in [-0.4, -0.2) is 16.1 Å². The molecule has 1 aliphatic rings. The van der Waals surface area contributed by atoms with E-state index in [0.29, 0.717) is 35.4 Å². The van der Waals surface area contributed by atoms with Crippen molar-refractivity contribution in [3.8, 4) is 5.75 Å². The number of aromatic nitrogens is 2. The summed E-state index contributed by atoms with van der Waals surface area (Å²) in [5, 5.41) is 0. The van der Waals surface area contributed by atoms with E-state index in [1.807, 2.05) is 0 Å². The van der Waals surface area contributed by atoms with Crippen LogP contribution in [-0.2, 0) is 12.8 Å². The molecule has 1 aromatic heterocycles. The number of fused-ring (bicyclic) bond motifs is 1. The van der Waals surface area contributed by atoms with Gasteiger partial charge in [-0.1, -0.05) is 0 Å².